The van der Waals surface area contributed by atoms with Gasteiger partial charge in [0.1, 0.15) is 10.6 Å². The van der Waals surface area contributed by atoms with E-state index in [2.05, 4.69) is 0 Å². The van der Waals surface area contributed by atoms with E-state index in [9.17, 15) is 9.59 Å². The molecule has 2 aromatic rings. The van der Waals surface area contributed by atoms with Crippen molar-refractivity contribution < 1.29 is 19.4 Å². The number of benzene rings is 1. The average molecular weight is 331 g/mol. The summed E-state index contributed by atoms with van der Waals surface area (Å²) in [6.45, 7) is 0.682. The molecule has 120 valence electrons. The fourth-order valence-electron chi connectivity index (χ4n) is 2.91. The Balaban J connectivity index is 1.85. The van der Waals surface area contributed by atoms with Crippen LogP contribution in [-0.2, 0) is 0 Å². The van der Waals surface area contributed by atoms with Crippen LogP contribution in [0.4, 0.5) is 0 Å². The number of nitrogens with zero attached hydrogens (tertiary/aromatic N) is 1. The average Bonchev–Trinajstić information content (AvgIpc) is 3.23. The van der Waals surface area contributed by atoms with Gasteiger partial charge in [0.05, 0.1) is 18.0 Å². The van der Waals surface area contributed by atoms with Gasteiger partial charge in [-0.15, -0.1) is 11.3 Å². The van der Waals surface area contributed by atoms with Gasteiger partial charge in [0.15, 0.2) is 0 Å². The lowest BCUT2D eigenvalue weighted by Crippen LogP contribution is -2.29. The summed E-state index contributed by atoms with van der Waals surface area (Å²) in [6, 6.07) is 10.8. The quantitative estimate of drug-likeness (QED) is 0.932. The van der Waals surface area contributed by atoms with Crippen molar-refractivity contribution in [2.45, 2.75) is 18.9 Å². The van der Waals surface area contributed by atoms with Crippen LogP contribution in [0.2, 0.25) is 0 Å². The highest BCUT2D eigenvalue weighted by Crippen LogP contribution is 2.35. The molecule has 1 aromatic heterocycles. The van der Waals surface area contributed by atoms with E-state index in [-0.39, 0.29) is 16.8 Å². The molecule has 1 saturated heterocycles. The first-order valence-electron chi connectivity index (χ1n) is 7.38. The maximum atomic E-state index is 12.7. The maximum absolute atomic E-state index is 12.7. The summed E-state index contributed by atoms with van der Waals surface area (Å²) in [5, 5.41) is 9.00. The number of thiophene rings is 1. The first-order valence-corrected chi connectivity index (χ1v) is 8.20. The summed E-state index contributed by atoms with van der Waals surface area (Å²) >= 11 is 1.03. The lowest BCUT2D eigenvalue weighted by Gasteiger charge is -2.25. The summed E-state index contributed by atoms with van der Waals surface area (Å²) in [5.41, 5.74) is 1.05. The van der Waals surface area contributed by atoms with Gasteiger partial charge in [-0.2, -0.15) is 0 Å². The van der Waals surface area contributed by atoms with Gasteiger partial charge in [-0.3, -0.25) is 4.79 Å². The Morgan fingerprint density at radius 3 is 2.74 bits per heavy atom. The number of carbonyl (C=O) groups is 2. The van der Waals surface area contributed by atoms with E-state index >= 15 is 0 Å². The summed E-state index contributed by atoms with van der Waals surface area (Å²) in [6.07, 6.45) is 1.83. The standard InChI is InChI=1S/C17H17NO4S/c1-22-12-5-2-4-11(10-12)13-6-3-9-18(13)16(19)14-7-8-15(23-14)17(20)21/h2,4-5,7-8,10,13H,3,6,9H2,1H3,(H,20,21). The van der Waals surface area contributed by atoms with Crippen molar-refractivity contribution in [1.82, 2.24) is 4.90 Å². The van der Waals surface area contributed by atoms with Crippen LogP contribution in [0.5, 0.6) is 5.75 Å². The highest BCUT2D eigenvalue weighted by atomic mass is 32.1. The third kappa shape index (κ3) is 3.07. The molecule has 0 radical (unpaired) electrons. The van der Waals surface area contributed by atoms with Gasteiger partial charge in [-0.1, -0.05) is 12.1 Å². The third-order valence-corrected chi connectivity index (χ3v) is 5.08. The predicted molar refractivity (Wildman–Crippen MR) is 87.3 cm³/mol. The van der Waals surface area contributed by atoms with Gasteiger partial charge >= 0.3 is 5.97 Å². The molecule has 1 aliphatic heterocycles. The molecular weight excluding hydrogens is 314 g/mol. The number of methoxy groups -OCH3 is 1. The zero-order chi connectivity index (χ0) is 16.4. The zero-order valence-electron chi connectivity index (χ0n) is 12.7. The Morgan fingerprint density at radius 2 is 2.04 bits per heavy atom. The van der Waals surface area contributed by atoms with Gasteiger partial charge in [0, 0.05) is 6.54 Å². The van der Waals surface area contributed by atoms with E-state index in [1.807, 2.05) is 29.2 Å². The Hall–Kier alpha value is -2.34. The summed E-state index contributed by atoms with van der Waals surface area (Å²) < 4.78 is 5.26. The number of hydrogen-bond acceptors (Lipinski definition) is 4. The molecule has 1 unspecified atom stereocenters. The van der Waals surface area contributed by atoms with E-state index in [4.69, 9.17) is 9.84 Å². The first kappa shape index (κ1) is 15.6. The third-order valence-electron chi connectivity index (χ3n) is 4.02. The Labute approximate surface area is 138 Å². The summed E-state index contributed by atoms with van der Waals surface area (Å²) in [7, 11) is 1.62. The van der Waals surface area contributed by atoms with Gasteiger partial charge < -0.3 is 14.7 Å². The topological polar surface area (TPSA) is 66.8 Å². The fourth-order valence-corrected chi connectivity index (χ4v) is 3.72. The zero-order valence-corrected chi connectivity index (χ0v) is 13.5. The lowest BCUT2D eigenvalue weighted by atomic mass is 10.0. The van der Waals surface area contributed by atoms with Crippen LogP contribution in [0.3, 0.4) is 0 Å². The second-order valence-electron chi connectivity index (χ2n) is 5.40. The molecule has 6 heteroatoms. The van der Waals surface area contributed by atoms with Crippen molar-refractivity contribution in [3.63, 3.8) is 0 Å². The van der Waals surface area contributed by atoms with E-state index in [0.29, 0.717) is 11.4 Å². The van der Waals surface area contributed by atoms with Crippen molar-refractivity contribution in [2.75, 3.05) is 13.7 Å². The molecule has 5 nitrogen and oxygen atoms in total. The van der Waals surface area contributed by atoms with Gasteiger partial charge in [-0.25, -0.2) is 4.79 Å². The predicted octanol–water partition coefficient (Wildman–Crippen LogP) is 3.43. The highest BCUT2D eigenvalue weighted by molar-refractivity contribution is 7.15. The molecular formula is C17H17NO4S. The van der Waals surface area contributed by atoms with Crippen molar-refractivity contribution in [3.05, 3.63) is 51.7 Å². The molecule has 1 atom stereocenters. The van der Waals surface area contributed by atoms with Crippen LogP contribution >= 0.6 is 11.3 Å². The van der Waals surface area contributed by atoms with Crippen molar-refractivity contribution in [2.24, 2.45) is 0 Å². The molecule has 1 aromatic carbocycles. The molecule has 1 N–H and O–H groups in total. The molecule has 0 spiro atoms. The monoisotopic (exact) mass is 331 g/mol. The molecule has 0 aliphatic carbocycles. The number of hydrogen-bond donors (Lipinski definition) is 1. The summed E-state index contributed by atoms with van der Waals surface area (Å²) in [5.74, 6) is -0.335. The van der Waals surface area contributed by atoms with Gasteiger partial charge in [-0.05, 0) is 42.7 Å². The number of carbonyl (C=O) groups excluding carboxylic acids is 1. The maximum Gasteiger partial charge on any atom is 0.345 e. The first-order chi connectivity index (χ1) is 11.1. The van der Waals surface area contributed by atoms with Crippen LogP contribution in [0.25, 0.3) is 0 Å². The van der Waals surface area contributed by atoms with Crippen molar-refractivity contribution in [1.29, 1.82) is 0 Å². The molecule has 23 heavy (non-hydrogen) atoms. The Bertz CT molecular complexity index is 740. The second kappa shape index (κ2) is 6.42. The number of rotatable bonds is 4. The fraction of sp³-hybridized carbons (Fsp3) is 0.294. The van der Waals surface area contributed by atoms with Crippen LogP contribution in [0.15, 0.2) is 36.4 Å². The molecule has 3 rings (SSSR count). The molecule has 1 aliphatic rings. The van der Waals surface area contributed by atoms with Gasteiger partial charge in [0.25, 0.3) is 5.91 Å². The number of ether oxygens (including phenoxy) is 1. The number of carboxylic acid groups (broad SMARTS) is 1. The Morgan fingerprint density at radius 1 is 1.26 bits per heavy atom. The summed E-state index contributed by atoms with van der Waals surface area (Å²) in [4.78, 5) is 26.2. The van der Waals surface area contributed by atoms with Crippen molar-refractivity contribution in [3.8, 4) is 5.75 Å². The van der Waals surface area contributed by atoms with E-state index in [0.717, 1.165) is 35.5 Å². The van der Waals surface area contributed by atoms with E-state index in [1.54, 1.807) is 13.2 Å². The van der Waals surface area contributed by atoms with E-state index < -0.39 is 5.97 Å². The largest absolute Gasteiger partial charge is 0.497 e. The second-order valence-corrected chi connectivity index (χ2v) is 6.49. The number of amides is 1. The molecule has 1 fully saturated rings. The minimum absolute atomic E-state index is 0.00739. The lowest BCUT2D eigenvalue weighted by molar-refractivity contribution is 0.0701. The normalized spacial score (nSPS) is 17.3. The number of likely N-dealkylation sites (tertiary alicyclic amines) is 1. The highest BCUT2D eigenvalue weighted by Gasteiger charge is 2.31. The number of carboxylic acids is 1. The van der Waals surface area contributed by atoms with Crippen LogP contribution in [0, 0.1) is 0 Å². The van der Waals surface area contributed by atoms with Crippen LogP contribution in [0.1, 0.15) is 43.8 Å². The molecule has 0 bridgehead atoms. The smallest absolute Gasteiger partial charge is 0.345 e. The molecule has 0 saturated carbocycles. The molecule has 2 heterocycles. The SMILES string of the molecule is COc1cccc(C2CCCN2C(=O)c2ccc(C(=O)O)s2)c1. The van der Waals surface area contributed by atoms with Crippen molar-refractivity contribution >= 4 is 23.2 Å². The minimum atomic E-state index is -1.00. The van der Waals surface area contributed by atoms with Crippen LogP contribution < -0.4 is 4.74 Å². The minimum Gasteiger partial charge on any atom is -0.497 e. The van der Waals surface area contributed by atoms with Crippen LogP contribution in [-0.4, -0.2) is 35.5 Å². The molecule has 1 amide bonds. The number of aromatic carboxylic acids is 1. The van der Waals surface area contributed by atoms with E-state index in [1.165, 1.54) is 6.07 Å². The Kier molecular flexibility index (Phi) is 4.34. The van der Waals surface area contributed by atoms with Gasteiger partial charge in [0.2, 0.25) is 0 Å².